The Morgan fingerprint density at radius 3 is 2.41 bits per heavy atom. The van der Waals surface area contributed by atoms with Gasteiger partial charge < -0.3 is 14.6 Å². The normalized spacial score (nSPS) is 22.8. The van der Waals surface area contributed by atoms with E-state index < -0.39 is 0 Å². The molecule has 0 radical (unpaired) electrons. The van der Waals surface area contributed by atoms with Crippen LogP contribution in [0.1, 0.15) is 61.1 Å². The van der Waals surface area contributed by atoms with E-state index >= 15 is 0 Å². The first-order chi connectivity index (χ1) is 15.5. The summed E-state index contributed by atoms with van der Waals surface area (Å²) in [6, 6.07) is 10.4. The van der Waals surface area contributed by atoms with Gasteiger partial charge in [0.05, 0.1) is 17.8 Å². The maximum atomic E-state index is 13.4. The number of aromatic nitrogens is 2. The molecule has 3 aliphatic rings. The lowest BCUT2D eigenvalue weighted by atomic mass is 9.99. The van der Waals surface area contributed by atoms with Crippen LogP contribution in [0.15, 0.2) is 30.3 Å². The summed E-state index contributed by atoms with van der Waals surface area (Å²) >= 11 is 0. The zero-order valence-electron chi connectivity index (χ0n) is 19.0. The highest BCUT2D eigenvalue weighted by Gasteiger charge is 2.44. The minimum absolute atomic E-state index is 0.0530. The highest BCUT2D eigenvalue weighted by Crippen LogP contribution is 2.40. The quantitative estimate of drug-likeness (QED) is 0.738. The number of hydrogen-bond donors (Lipinski definition) is 0. The van der Waals surface area contributed by atoms with Gasteiger partial charge in [-0.15, -0.1) is 0 Å². The molecule has 7 heteroatoms. The van der Waals surface area contributed by atoms with Crippen LogP contribution >= 0.6 is 0 Å². The summed E-state index contributed by atoms with van der Waals surface area (Å²) in [5.74, 6) is 0.717. The van der Waals surface area contributed by atoms with Gasteiger partial charge in [-0.05, 0) is 51.0 Å². The SMILES string of the molecule is C=O.Cc1ccc(-c2cc3n(n2)C2CCCC2N(CC(=O)N2CCC(C)CC2)C3=O)cc1. The van der Waals surface area contributed by atoms with Crippen molar-refractivity contribution >= 4 is 18.6 Å². The van der Waals surface area contributed by atoms with E-state index in [-0.39, 0.29) is 30.4 Å². The number of likely N-dealkylation sites (tertiary alicyclic amines) is 1. The van der Waals surface area contributed by atoms with Crippen LogP contribution in [0.2, 0.25) is 0 Å². The number of carbonyl (C=O) groups is 3. The van der Waals surface area contributed by atoms with Gasteiger partial charge in [0.1, 0.15) is 19.0 Å². The third kappa shape index (κ3) is 4.08. The first kappa shape index (κ1) is 22.2. The molecule has 2 aliphatic heterocycles. The van der Waals surface area contributed by atoms with E-state index in [2.05, 4.69) is 38.1 Å². The predicted octanol–water partition coefficient (Wildman–Crippen LogP) is 3.48. The number of carbonyl (C=O) groups excluding carboxylic acids is 3. The molecule has 7 nitrogen and oxygen atoms in total. The van der Waals surface area contributed by atoms with Crippen LogP contribution < -0.4 is 0 Å². The van der Waals surface area contributed by atoms with Crippen LogP contribution in [0.25, 0.3) is 11.3 Å². The van der Waals surface area contributed by atoms with E-state index in [1.807, 2.05) is 27.3 Å². The molecule has 3 heterocycles. The second-order valence-electron chi connectivity index (χ2n) is 9.29. The van der Waals surface area contributed by atoms with Gasteiger partial charge in [0.2, 0.25) is 5.91 Å². The van der Waals surface area contributed by atoms with Crippen molar-refractivity contribution in [2.45, 2.75) is 58.0 Å². The summed E-state index contributed by atoms with van der Waals surface area (Å²) in [5, 5.41) is 4.83. The van der Waals surface area contributed by atoms with Crippen molar-refractivity contribution < 1.29 is 14.4 Å². The van der Waals surface area contributed by atoms with Crippen molar-refractivity contribution in [1.82, 2.24) is 19.6 Å². The molecular formula is C25H32N4O3. The van der Waals surface area contributed by atoms with E-state index in [4.69, 9.17) is 9.89 Å². The number of nitrogens with zero attached hydrogens (tertiary/aromatic N) is 4. The van der Waals surface area contributed by atoms with Crippen molar-refractivity contribution in [3.63, 3.8) is 0 Å². The van der Waals surface area contributed by atoms with Crippen molar-refractivity contribution in [3.05, 3.63) is 41.6 Å². The molecule has 2 aromatic rings. The molecule has 5 rings (SSSR count). The van der Waals surface area contributed by atoms with Crippen LogP contribution in [-0.4, -0.2) is 63.9 Å². The molecule has 1 saturated heterocycles. The number of aryl methyl sites for hydroxylation is 1. The summed E-state index contributed by atoms with van der Waals surface area (Å²) in [5.41, 5.74) is 3.68. The number of amides is 2. The van der Waals surface area contributed by atoms with Gasteiger partial charge in [0.15, 0.2) is 0 Å². The Bertz CT molecular complexity index is 976. The summed E-state index contributed by atoms with van der Waals surface area (Å²) < 4.78 is 1.94. The number of rotatable bonds is 3. The van der Waals surface area contributed by atoms with Gasteiger partial charge in [-0.1, -0.05) is 36.8 Å². The Morgan fingerprint density at radius 1 is 1.06 bits per heavy atom. The summed E-state index contributed by atoms with van der Waals surface area (Å²) in [6.07, 6.45) is 5.12. The fourth-order valence-corrected chi connectivity index (χ4v) is 5.23. The third-order valence-electron chi connectivity index (χ3n) is 7.16. The lowest BCUT2D eigenvalue weighted by molar-refractivity contribution is -0.134. The molecule has 0 spiro atoms. The average Bonchev–Trinajstić information content (AvgIpc) is 3.46. The smallest absolute Gasteiger partial charge is 0.272 e. The van der Waals surface area contributed by atoms with Gasteiger partial charge in [-0.3, -0.25) is 14.3 Å². The third-order valence-corrected chi connectivity index (χ3v) is 7.16. The standard InChI is InChI=1S/C24H30N4O2.CH2O/c1-16-6-8-18(9-7-16)19-14-22-24(30)27(20-4-3-5-21(20)28(22)25-19)15-23(29)26-12-10-17(2)11-13-26;1-2/h6-9,14,17,20-21H,3-5,10-13,15H2,1-2H3;1H2. The zero-order valence-corrected chi connectivity index (χ0v) is 19.0. The van der Waals surface area contributed by atoms with Crippen LogP contribution in [0, 0.1) is 12.8 Å². The molecule has 1 aromatic carbocycles. The van der Waals surface area contributed by atoms with Crippen molar-refractivity contribution in [1.29, 1.82) is 0 Å². The van der Waals surface area contributed by atoms with Crippen LogP contribution in [0.5, 0.6) is 0 Å². The minimum Gasteiger partial charge on any atom is -0.341 e. The average molecular weight is 437 g/mol. The monoisotopic (exact) mass is 436 g/mol. The maximum absolute atomic E-state index is 13.4. The van der Waals surface area contributed by atoms with Gasteiger partial charge in [-0.2, -0.15) is 5.10 Å². The highest BCUT2D eigenvalue weighted by atomic mass is 16.2. The van der Waals surface area contributed by atoms with E-state index in [1.165, 1.54) is 5.56 Å². The van der Waals surface area contributed by atoms with E-state index in [0.717, 1.165) is 56.5 Å². The highest BCUT2D eigenvalue weighted by molar-refractivity contribution is 5.97. The van der Waals surface area contributed by atoms with E-state index in [1.54, 1.807) is 0 Å². The Hall–Kier alpha value is -2.96. The topological polar surface area (TPSA) is 75.5 Å². The van der Waals surface area contributed by atoms with Crippen LogP contribution in [-0.2, 0) is 9.59 Å². The number of fused-ring (bicyclic) bond motifs is 3. The Balaban J connectivity index is 0.00000119. The Morgan fingerprint density at radius 2 is 1.72 bits per heavy atom. The van der Waals surface area contributed by atoms with E-state index in [0.29, 0.717) is 11.6 Å². The van der Waals surface area contributed by atoms with Crippen molar-refractivity contribution in [2.75, 3.05) is 19.6 Å². The molecule has 170 valence electrons. The molecule has 1 saturated carbocycles. The fourth-order valence-electron chi connectivity index (χ4n) is 5.23. The Kier molecular flexibility index (Phi) is 6.44. The van der Waals surface area contributed by atoms with Gasteiger partial charge >= 0.3 is 0 Å². The zero-order chi connectivity index (χ0) is 22.8. The molecule has 2 atom stereocenters. The lowest BCUT2D eigenvalue weighted by Gasteiger charge is -2.39. The largest absolute Gasteiger partial charge is 0.341 e. The predicted molar refractivity (Wildman–Crippen MR) is 122 cm³/mol. The van der Waals surface area contributed by atoms with Crippen LogP contribution in [0.4, 0.5) is 0 Å². The molecule has 0 N–H and O–H groups in total. The first-order valence-electron chi connectivity index (χ1n) is 11.6. The Labute approximate surface area is 189 Å². The number of benzene rings is 1. The molecule has 1 aliphatic carbocycles. The maximum Gasteiger partial charge on any atom is 0.272 e. The van der Waals surface area contributed by atoms with Crippen molar-refractivity contribution in [3.8, 4) is 11.3 Å². The summed E-state index contributed by atoms with van der Waals surface area (Å²) in [4.78, 5) is 38.2. The molecule has 2 unspecified atom stereocenters. The first-order valence-corrected chi connectivity index (χ1v) is 11.6. The van der Waals surface area contributed by atoms with Crippen molar-refractivity contribution in [2.24, 2.45) is 5.92 Å². The molecule has 32 heavy (non-hydrogen) atoms. The molecular weight excluding hydrogens is 404 g/mol. The molecule has 2 amide bonds. The lowest BCUT2D eigenvalue weighted by Crippen LogP contribution is -2.53. The molecule has 2 fully saturated rings. The second kappa shape index (κ2) is 9.27. The fraction of sp³-hybridized carbons (Fsp3) is 0.520. The summed E-state index contributed by atoms with van der Waals surface area (Å²) in [6.45, 7) is 8.12. The van der Waals surface area contributed by atoms with Gasteiger partial charge in [-0.25, -0.2) is 0 Å². The van der Waals surface area contributed by atoms with Crippen LogP contribution in [0.3, 0.4) is 0 Å². The van der Waals surface area contributed by atoms with Gasteiger partial charge in [0, 0.05) is 18.7 Å². The molecule has 0 bridgehead atoms. The number of hydrogen-bond acceptors (Lipinski definition) is 4. The summed E-state index contributed by atoms with van der Waals surface area (Å²) in [7, 11) is 0. The number of piperidine rings is 1. The second-order valence-corrected chi connectivity index (χ2v) is 9.29. The molecule has 1 aromatic heterocycles. The van der Waals surface area contributed by atoms with Gasteiger partial charge in [0.25, 0.3) is 5.91 Å². The minimum atomic E-state index is -0.0530. The van der Waals surface area contributed by atoms with E-state index in [9.17, 15) is 9.59 Å².